The van der Waals surface area contributed by atoms with Gasteiger partial charge in [-0.05, 0) is 75.5 Å². The largest absolute Gasteiger partial charge is 0.462 e. The van der Waals surface area contributed by atoms with Crippen LogP contribution in [-0.2, 0) is 19.6 Å². The van der Waals surface area contributed by atoms with Crippen molar-refractivity contribution < 1.29 is 22.7 Å². The molecule has 10 heteroatoms. The Balaban J connectivity index is 1.73. The SMILES string of the molecule is CCOC(=O)c1ccc2c(c1)NC(=O)C2C(=Nc1ccc(N(CCN(C)C)S(=O)(=O)CC)cc1)c1ccccc1. The fraction of sp³-hybridized carbons (Fsp3) is 0.300. The summed E-state index contributed by atoms with van der Waals surface area (Å²) >= 11 is 0. The van der Waals surface area contributed by atoms with Crippen LogP contribution < -0.4 is 9.62 Å². The highest BCUT2D eigenvalue weighted by atomic mass is 32.2. The topological polar surface area (TPSA) is 108 Å². The van der Waals surface area contributed by atoms with Crippen molar-refractivity contribution in [2.75, 3.05) is 49.2 Å². The lowest BCUT2D eigenvalue weighted by molar-refractivity contribution is -0.115. The molecular formula is C30H34N4O5S. The maximum absolute atomic E-state index is 13.3. The summed E-state index contributed by atoms with van der Waals surface area (Å²) in [5.74, 6) is -1.42. The monoisotopic (exact) mass is 562 g/mol. The number of carbonyl (C=O) groups is 2. The first-order valence-corrected chi connectivity index (χ1v) is 14.8. The molecule has 40 heavy (non-hydrogen) atoms. The van der Waals surface area contributed by atoms with Gasteiger partial charge in [0.2, 0.25) is 15.9 Å². The van der Waals surface area contributed by atoms with Gasteiger partial charge in [0.05, 0.1) is 35.0 Å². The van der Waals surface area contributed by atoms with Crippen LogP contribution in [0.3, 0.4) is 0 Å². The van der Waals surface area contributed by atoms with Crippen molar-refractivity contribution in [3.05, 3.63) is 89.5 Å². The molecule has 0 spiro atoms. The minimum atomic E-state index is -3.47. The molecule has 0 radical (unpaired) electrons. The molecule has 3 aromatic carbocycles. The van der Waals surface area contributed by atoms with Crippen molar-refractivity contribution in [3.63, 3.8) is 0 Å². The van der Waals surface area contributed by atoms with Crippen molar-refractivity contribution in [2.24, 2.45) is 4.99 Å². The zero-order chi connectivity index (χ0) is 28.9. The summed E-state index contributed by atoms with van der Waals surface area (Å²) in [6, 6.07) is 21.4. The number of sulfonamides is 1. The van der Waals surface area contributed by atoms with Gasteiger partial charge >= 0.3 is 5.97 Å². The number of anilines is 2. The summed E-state index contributed by atoms with van der Waals surface area (Å²) in [6.45, 7) is 4.52. The number of esters is 1. The van der Waals surface area contributed by atoms with Gasteiger partial charge in [0.15, 0.2) is 0 Å². The number of likely N-dealkylation sites (N-methyl/N-ethyl adjacent to an activating group) is 1. The van der Waals surface area contributed by atoms with E-state index in [1.807, 2.05) is 49.3 Å². The summed E-state index contributed by atoms with van der Waals surface area (Å²) in [6.07, 6.45) is 0. The van der Waals surface area contributed by atoms with E-state index >= 15 is 0 Å². The predicted octanol–water partition coefficient (Wildman–Crippen LogP) is 4.44. The van der Waals surface area contributed by atoms with Gasteiger partial charge in [-0.25, -0.2) is 13.2 Å². The van der Waals surface area contributed by atoms with Crippen LogP contribution in [-0.4, -0.2) is 70.5 Å². The number of hydrogen-bond donors (Lipinski definition) is 1. The molecule has 0 bridgehead atoms. The summed E-state index contributed by atoms with van der Waals surface area (Å²) in [5.41, 5.74) is 4.06. The summed E-state index contributed by atoms with van der Waals surface area (Å²) < 4.78 is 32.1. The van der Waals surface area contributed by atoms with E-state index in [0.29, 0.717) is 47.0 Å². The summed E-state index contributed by atoms with van der Waals surface area (Å²) in [5, 5.41) is 2.89. The molecule has 0 saturated carbocycles. The Morgan fingerprint density at radius 2 is 1.65 bits per heavy atom. The average molecular weight is 563 g/mol. The standard InChI is InChI=1S/C30H34N4O5S/c1-5-39-30(36)22-12-17-25-26(20-22)32-29(35)27(25)28(21-10-8-7-9-11-21)31-23-13-15-24(16-14-23)34(19-18-33(3)4)40(37,38)6-2/h7-17,20,27H,5-6,18-19H2,1-4H3,(H,32,35). The Morgan fingerprint density at radius 3 is 2.27 bits per heavy atom. The number of rotatable bonds is 11. The van der Waals surface area contributed by atoms with Crippen LogP contribution in [0.15, 0.2) is 77.8 Å². The number of ether oxygens (including phenoxy) is 1. The molecular weight excluding hydrogens is 528 g/mol. The number of aliphatic imine (C=N–C) groups is 1. The first-order valence-electron chi connectivity index (χ1n) is 13.2. The van der Waals surface area contributed by atoms with E-state index in [2.05, 4.69) is 5.32 Å². The predicted molar refractivity (Wildman–Crippen MR) is 158 cm³/mol. The molecule has 0 aliphatic carbocycles. The van der Waals surface area contributed by atoms with Crippen LogP contribution >= 0.6 is 0 Å². The molecule has 1 aliphatic rings. The maximum atomic E-state index is 13.3. The van der Waals surface area contributed by atoms with Crippen LogP contribution in [0.25, 0.3) is 0 Å². The molecule has 0 saturated heterocycles. The number of benzene rings is 3. The van der Waals surface area contributed by atoms with Crippen molar-refractivity contribution in [1.82, 2.24) is 4.90 Å². The van der Waals surface area contributed by atoms with Gasteiger partial charge in [0.25, 0.3) is 0 Å². The third-order valence-electron chi connectivity index (χ3n) is 6.58. The smallest absolute Gasteiger partial charge is 0.338 e. The molecule has 4 rings (SSSR count). The van der Waals surface area contributed by atoms with E-state index in [4.69, 9.17) is 9.73 Å². The van der Waals surface area contributed by atoms with Gasteiger partial charge in [-0.3, -0.25) is 14.1 Å². The fourth-order valence-corrected chi connectivity index (χ4v) is 5.60. The Morgan fingerprint density at radius 1 is 0.950 bits per heavy atom. The van der Waals surface area contributed by atoms with Crippen LogP contribution in [0.2, 0.25) is 0 Å². The van der Waals surface area contributed by atoms with Crippen molar-refractivity contribution in [3.8, 4) is 0 Å². The molecule has 9 nitrogen and oxygen atoms in total. The Hall–Kier alpha value is -4.02. The third kappa shape index (κ3) is 6.40. The van der Waals surface area contributed by atoms with E-state index < -0.39 is 21.9 Å². The second kappa shape index (κ2) is 12.4. The number of nitrogens with one attached hydrogen (secondary N) is 1. The second-order valence-corrected chi connectivity index (χ2v) is 11.8. The van der Waals surface area contributed by atoms with E-state index in [1.54, 1.807) is 56.3 Å². The lowest BCUT2D eigenvalue weighted by atomic mass is 9.90. The number of hydrogen-bond acceptors (Lipinski definition) is 7. The quantitative estimate of drug-likeness (QED) is 0.274. The molecule has 0 fully saturated rings. The summed E-state index contributed by atoms with van der Waals surface area (Å²) in [7, 11) is 0.325. The average Bonchev–Trinajstić information content (AvgIpc) is 3.27. The van der Waals surface area contributed by atoms with E-state index in [-0.39, 0.29) is 18.3 Å². The first-order chi connectivity index (χ1) is 19.1. The minimum Gasteiger partial charge on any atom is -0.462 e. The molecule has 1 aliphatic heterocycles. The maximum Gasteiger partial charge on any atom is 0.338 e. The third-order valence-corrected chi connectivity index (χ3v) is 8.37. The van der Waals surface area contributed by atoms with Crippen molar-refractivity contribution >= 4 is 44.7 Å². The molecule has 1 unspecified atom stereocenters. The highest BCUT2D eigenvalue weighted by Gasteiger charge is 2.36. The van der Waals surface area contributed by atoms with Crippen molar-refractivity contribution in [2.45, 2.75) is 19.8 Å². The van der Waals surface area contributed by atoms with Gasteiger partial charge in [0.1, 0.15) is 5.92 Å². The van der Waals surface area contributed by atoms with Gasteiger partial charge in [-0.1, -0.05) is 36.4 Å². The van der Waals surface area contributed by atoms with Crippen LogP contribution in [0, 0.1) is 0 Å². The van der Waals surface area contributed by atoms with Gasteiger partial charge < -0.3 is 15.0 Å². The summed E-state index contributed by atoms with van der Waals surface area (Å²) in [4.78, 5) is 32.3. The Labute approximate surface area is 235 Å². The van der Waals surface area contributed by atoms with Crippen molar-refractivity contribution in [1.29, 1.82) is 0 Å². The molecule has 3 aromatic rings. The normalized spacial score (nSPS) is 15.1. The molecule has 1 atom stereocenters. The molecule has 210 valence electrons. The number of amides is 1. The van der Waals surface area contributed by atoms with Crippen LogP contribution in [0.4, 0.5) is 17.1 Å². The lowest BCUT2D eigenvalue weighted by Crippen LogP contribution is -2.37. The van der Waals surface area contributed by atoms with Gasteiger partial charge in [0, 0.05) is 18.8 Å². The Kier molecular flexibility index (Phi) is 9.01. The highest BCUT2D eigenvalue weighted by Crippen LogP contribution is 2.37. The number of carbonyl (C=O) groups excluding carboxylic acids is 2. The van der Waals surface area contributed by atoms with E-state index in [9.17, 15) is 18.0 Å². The minimum absolute atomic E-state index is 0.00737. The van der Waals surface area contributed by atoms with Crippen LogP contribution in [0.5, 0.6) is 0 Å². The van der Waals surface area contributed by atoms with E-state index in [0.717, 1.165) is 5.56 Å². The molecule has 0 aromatic heterocycles. The first kappa shape index (κ1) is 29.0. The molecule has 1 amide bonds. The highest BCUT2D eigenvalue weighted by molar-refractivity contribution is 7.92. The van der Waals surface area contributed by atoms with Crippen LogP contribution in [0.1, 0.15) is 41.3 Å². The fourth-order valence-electron chi connectivity index (χ4n) is 4.49. The Bertz CT molecular complexity index is 1500. The number of fused-ring (bicyclic) bond motifs is 1. The zero-order valence-corrected chi connectivity index (χ0v) is 23.9. The van der Waals surface area contributed by atoms with Gasteiger partial charge in [-0.15, -0.1) is 0 Å². The van der Waals surface area contributed by atoms with E-state index in [1.165, 1.54) is 4.31 Å². The second-order valence-electron chi connectivity index (χ2n) is 9.60. The zero-order valence-electron chi connectivity index (χ0n) is 23.1. The molecule has 1 N–H and O–H groups in total. The molecule has 1 heterocycles. The number of nitrogens with zero attached hydrogens (tertiary/aromatic N) is 3. The van der Waals surface area contributed by atoms with Gasteiger partial charge in [-0.2, -0.15) is 0 Å². The lowest BCUT2D eigenvalue weighted by Gasteiger charge is -2.25.